The number of unbranched alkanes of at least 4 members (excludes halogenated alkanes) is 1. The smallest absolute Gasteiger partial charge is 0.223 e. The molecule has 2 aliphatic carbocycles. The van der Waals surface area contributed by atoms with Crippen LogP contribution in [-0.4, -0.2) is 25.0 Å². The summed E-state index contributed by atoms with van der Waals surface area (Å²) in [6.45, 7) is 4.46. The lowest BCUT2D eigenvalue weighted by Crippen LogP contribution is -2.40. The molecule has 0 aromatic heterocycles. The summed E-state index contributed by atoms with van der Waals surface area (Å²) in [7, 11) is 0. The van der Waals surface area contributed by atoms with Gasteiger partial charge in [0.05, 0.1) is 0 Å². The molecule has 0 aromatic carbocycles. The van der Waals surface area contributed by atoms with Gasteiger partial charge in [-0.15, -0.1) is 12.4 Å². The summed E-state index contributed by atoms with van der Waals surface area (Å²) in [5, 5.41) is 6.82. The van der Waals surface area contributed by atoms with Gasteiger partial charge in [-0.1, -0.05) is 26.2 Å². The molecule has 0 aromatic rings. The second kappa shape index (κ2) is 7.32. The summed E-state index contributed by atoms with van der Waals surface area (Å²) >= 11 is 0. The van der Waals surface area contributed by atoms with Gasteiger partial charge >= 0.3 is 0 Å². The second-order valence-electron chi connectivity index (χ2n) is 7.32. The Morgan fingerprint density at radius 1 is 1.29 bits per heavy atom. The first-order valence-corrected chi connectivity index (χ1v) is 8.76. The molecule has 3 atom stereocenters. The SMILES string of the molecule is CCCCC1CCCC1NC(=O)C1CC12CCNCC2.Cl. The van der Waals surface area contributed by atoms with E-state index in [0.29, 0.717) is 23.3 Å². The van der Waals surface area contributed by atoms with Crippen molar-refractivity contribution in [3.05, 3.63) is 0 Å². The van der Waals surface area contributed by atoms with Gasteiger partial charge in [-0.25, -0.2) is 0 Å². The van der Waals surface area contributed by atoms with Crippen molar-refractivity contribution in [2.75, 3.05) is 13.1 Å². The molecule has 1 amide bonds. The van der Waals surface area contributed by atoms with E-state index in [1.807, 2.05) is 0 Å². The molecule has 3 rings (SSSR count). The van der Waals surface area contributed by atoms with Crippen LogP contribution < -0.4 is 10.6 Å². The molecule has 0 radical (unpaired) electrons. The van der Waals surface area contributed by atoms with Crippen LogP contribution in [0.15, 0.2) is 0 Å². The third-order valence-electron chi connectivity index (χ3n) is 6.02. The minimum Gasteiger partial charge on any atom is -0.353 e. The van der Waals surface area contributed by atoms with Crippen molar-refractivity contribution in [2.45, 2.75) is 70.8 Å². The molecule has 2 saturated carbocycles. The molecule has 1 aliphatic heterocycles. The monoisotopic (exact) mass is 314 g/mol. The predicted molar refractivity (Wildman–Crippen MR) is 88.7 cm³/mol. The zero-order valence-electron chi connectivity index (χ0n) is 13.3. The van der Waals surface area contributed by atoms with Gasteiger partial charge < -0.3 is 10.6 Å². The number of nitrogens with one attached hydrogen (secondary N) is 2. The Bertz CT molecular complexity index is 355. The first-order chi connectivity index (χ1) is 9.75. The van der Waals surface area contributed by atoms with Crippen molar-refractivity contribution >= 4 is 18.3 Å². The molecule has 1 saturated heterocycles. The van der Waals surface area contributed by atoms with E-state index in [1.165, 1.54) is 51.4 Å². The quantitative estimate of drug-likeness (QED) is 0.817. The normalized spacial score (nSPS) is 33.5. The van der Waals surface area contributed by atoms with Gasteiger partial charge in [-0.2, -0.15) is 0 Å². The number of halogens is 1. The van der Waals surface area contributed by atoms with Gasteiger partial charge in [0, 0.05) is 12.0 Å². The molecule has 122 valence electrons. The number of carbonyl (C=O) groups is 1. The Labute approximate surface area is 135 Å². The van der Waals surface area contributed by atoms with E-state index in [-0.39, 0.29) is 12.4 Å². The molecule has 3 aliphatic rings. The summed E-state index contributed by atoms with van der Waals surface area (Å²) in [6.07, 6.45) is 11.3. The first-order valence-electron chi connectivity index (χ1n) is 8.76. The number of hydrogen-bond acceptors (Lipinski definition) is 2. The summed E-state index contributed by atoms with van der Waals surface area (Å²) in [5.41, 5.74) is 0.382. The molecule has 21 heavy (non-hydrogen) atoms. The minimum atomic E-state index is 0. The highest BCUT2D eigenvalue weighted by atomic mass is 35.5. The highest BCUT2D eigenvalue weighted by Crippen LogP contribution is 2.58. The predicted octanol–water partition coefficient (Wildman–Crippen LogP) is 3.27. The molecule has 3 unspecified atom stereocenters. The van der Waals surface area contributed by atoms with Crippen LogP contribution in [0.4, 0.5) is 0 Å². The van der Waals surface area contributed by atoms with Gasteiger partial charge in [0.2, 0.25) is 5.91 Å². The van der Waals surface area contributed by atoms with E-state index < -0.39 is 0 Å². The van der Waals surface area contributed by atoms with Crippen LogP contribution >= 0.6 is 12.4 Å². The maximum absolute atomic E-state index is 12.5. The molecule has 4 heteroatoms. The fourth-order valence-corrected chi connectivity index (χ4v) is 4.52. The van der Waals surface area contributed by atoms with Gasteiger partial charge in [0.1, 0.15) is 0 Å². The Balaban J connectivity index is 0.00000161. The van der Waals surface area contributed by atoms with E-state index >= 15 is 0 Å². The average molecular weight is 315 g/mol. The van der Waals surface area contributed by atoms with Crippen LogP contribution in [0.2, 0.25) is 0 Å². The molecule has 1 spiro atoms. The number of piperidine rings is 1. The largest absolute Gasteiger partial charge is 0.353 e. The average Bonchev–Trinajstić information content (AvgIpc) is 2.97. The van der Waals surface area contributed by atoms with Crippen LogP contribution in [-0.2, 0) is 4.79 Å². The second-order valence-corrected chi connectivity index (χ2v) is 7.32. The highest BCUT2D eigenvalue weighted by Gasteiger charge is 2.57. The topological polar surface area (TPSA) is 41.1 Å². The van der Waals surface area contributed by atoms with E-state index in [9.17, 15) is 4.79 Å². The Kier molecular flexibility index (Phi) is 5.96. The summed E-state index contributed by atoms with van der Waals surface area (Å²) in [5.74, 6) is 1.46. The summed E-state index contributed by atoms with van der Waals surface area (Å²) in [6, 6.07) is 0.480. The van der Waals surface area contributed by atoms with E-state index in [2.05, 4.69) is 17.6 Å². The van der Waals surface area contributed by atoms with Crippen molar-refractivity contribution in [1.82, 2.24) is 10.6 Å². The van der Waals surface area contributed by atoms with Crippen LogP contribution in [0.5, 0.6) is 0 Å². The third-order valence-corrected chi connectivity index (χ3v) is 6.02. The number of rotatable bonds is 5. The van der Waals surface area contributed by atoms with Crippen LogP contribution in [0.25, 0.3) is 0 Å². The van der Waals surface area contributed by atoms with Gasteiger partial charge in [0.15, 0.2) is 0 Å². The zero-order valence-corrected chi connectivity index (χ0v) is 14.1. The minimum absolute atomic E-state index is 0. The Hall–Kier alpha value is -0.280. The van der Waals surface area contributed by atoms with Crippen LogP contribution in [0, 0.1) is 17.3 Å². The van der Waals surface area contributed by atoms with E-state index in [1.54, 1.807) is 0 Å². The zero-order chi connectivity index (χ0) is 14.0. The van der Waals surface area contributed by atoms with Crippen molar-refractivity contribution in [3.63, 3.8) is 0 Å². The molecule has 3 fully saturated rings. The maximum Gasteiger partial charge on any atom is 0.223 e. The van der Waals surface area contributed by atoms with Crippen molar-refractivity contribution in [2.24, 2.45) is 17.3 Å². The highest BCUT2D eigenvalue weighted by molar-refractivity contribution is 5.85. The fourth-order valence-electron chi connectivity index (χ4n) is 4.52. The molecule has 2 N–H and O–H groups in total. The number of amides is 1. The van der Waals surface area contributed by atoms with Gasteiger partial charge in [-0.05, 0) is 62.9 Å². The molecular formula is C17H31ClN2O. The van der Waals surface area contributed by atoms with Crippen molar-refractivity contribution in [1.29, 1.82) is 0 Å². The van der Waals surface area contributed by atoms with E-state index in [4.69, 9.17) is 0 Å². The lowest BCUT2D eigenvalue weighted by Gasteiger charge is -2.25. The number of hydrogen-bond donors (Lipinski definition) is 2. The maximum atomic E-state index is 12.5. The summed E-state index contributed by atoms with van der Waals surface area (Å²) in [4.78, 5) is 12.5. The molecule has 1 heterocycles. The standard InChI is InChI=1S/C17H30N2O.ClH/c1-2-3-5-13-6-4-7-15(13)19-16(20)14-12-17(14)8-10-18-11-9-17;/h13-15,18H,2-12H2,1H3,(H,19,20);1H. The summed E-state index contributed by atoms with van der Waals surface area (Å²) < 4.78 is 0. The van der Waals surface area contributed by atoms with Crippen molar-refractivity contribution in [3.8, 4) is 0 Å². The third kappa shape index (κ3) is 3.73. The van der Waals surface area contributed by atoms with Gasteiger partial charge in [-0.3, -0.25) is 4.79 Å². The lowest BCUT2D eigenvalue weighted by atomic mass is 9.91. The van der Waals surface area contributed by atoms with Crippen molar-refractivity contribution < 1.29 is 4.79 Å². The first kappa shape index (κ1) is 17.1. The van der Waals surface area contributed by atoms with E-state index in [0.717, 1.165) is 25.4 Å². The van der Waals surface area contributed by atoms with Gasteiger partial charge in [0.25, 0.3) is 0 Å². The number of carbonyl (C=O) groups excluding carboxylic acids is 1. The molecular weight excluding hydrogens is 284 g/mol. The fraction of sp³-hybridized carbons (Fsp3) is 0.941. The molecule has 0 bridgehead atoms. The van der Waals surface area contributed by atoms with Crippen LogP contribution in [0.1, 0.15) is 64.7 Å². The Morgan fingerprint density at radius 2 is 2.05 bits per heavy atom. The van der Waals surface area contributed by atoms with Crippen LogP contribution in [0.3, 0.4) is 0 Å². The lowest BCUT2D eigenvalue weighted by molar-refractivity contribution is -0.124. The Morgan fingerprint density at radius 3 is 2.76 bits per heavy atom. The molecule has 3 nitrogen and oxygen atoms in total.